The Morgan fingerprint density at radius 2 is 1.66 bits per heavy atom. The van der Waals surface area contributed by atoms with Crippen molar-refractivity contribution in [1.82, 2.24) is 29.1 Å². The SMILES string of the molecule is CCc1ccc(-n2ncc3c(=O)n(CC4(O)CCN(Cc5ccc(OC6CCN(C)CC6)cc5)CC4)cnc32)cc1. The molecule has 2 aromatic heterocycles. The van der Waals surface area contributed by atoms with Gasteiger partial charge in [0.25, 0.3) is 5.56 Å². The summed E-state index contributed by atoms with van der Waals surface area (Å²) in [5.41, 5.74) is 2.74. The van der Waals surface area contributed by atoms with Gasteiger partial charge in [0.15, 0.2) is 5.65 Å². The lowest BCUT2D eigenvalue weighted by Crippen LogP contribution is -2.47. The van der Waals surface area contributed by atoms with Gasteiger partial charge in [0.2, 0.25) is 0 Å². The highest BCUT2D eigenvalue weighted by atomic mass is 16.5. The maximum Gasteiger partial charge on any atom is 0.264 e. The van der Waals surface area contributed by atoms with E-state index in [-0.39, 0.29) is 12.1 Å². The molecule has 216 valence electrons. The number of aryl methyl sites for hydroxylation is 1. The zero-order valence-corrected chi connectivity index (χ0v) is 24.1. The summed E-state index contributed by atoms with van der Waals surface area (Å²) in [7, 11) is 2.16. The quantitative estimate of drug-likeness (QED) is 0.355. The second-order valence-corrected chi connectivity index (χ2v) is 11.8. The topological polar surface area (TPSA) is 88.6 Å². The molecule has 1 N–H and O–H groups in total. The fourth-order valence-electron chi connectivity index (χ4n) is 5.95. The maximum absolute atomic E-state index is 13.3. The molecule has 2 fully saturated rings. The first kappa shape index (κ1) is 27.6. The number of benzene rings is 2. The molecule has 9 nitrogen and oxygen atoms in total. The Morgan fingerprint density at radius 3 is 2.34 bits per heavy atom. The Kier molecular flexibility index (Phi) is 7.92. The van der Waals surface area contributed by atoms with E-state index in [1.54, 1.807) is 17.2 Å². The molecule has 6 rings (SSSR count). The van der Waals surface area contributed by atoms with E-state index in [2.05, 4.69) is 70.3 Å². The van der Waals surface area contributed by atoms with Crippen LogP contribution >= 0.6 is 0 Å². The monoisotopic (exact) mass is 556 g/mol. The summed E-state index contributed by atoms with van der Waals surface area (Å²) in [6.45, 7) is 6.87. The highest BCUT2D eigenvalue weighted by Crippen LogP contribution is 2.26. The number of aromatic nitrogens is 4. The van der Waals surface area contributed by atoms with Gasteiger partial charge in [0.1, 0.15) is 23.6 Å². The predicted octanol–water partition coefficient (Wildman–Crippen LogP) is 3.64. The van der Waals surface area contributed by atoms with E-state index in [4.69, 9.17) is 4.74 Å². The number of hydrogen-bond donors (Lipinski definition) is 1. The van der Waals surface area contributed by atoms with E-state index < -0.39 is 5.60 Å². The van der Waals surface area contributed by atoms with E-state index in [0.717, 1.165) is 63.4 Å². The second-order valence-electron chi connectivity index (χ2n) is 11.8. The minimum Gasteiger partial charge on any atom is -0.490 e. The lowest BCUT2D eigenvalue weighted by molar-refractivity contribution is -0.0364. The van der Waals surface area contributed by atoms with Crippen LogP contribution in [0.15, 0.2) is 65.8 Å². The van der Waals surface area contributed by atoms with Crippen LogP contribution in [0.3, 0.4) is 0 Å². The first-order valence-corrected chi connectivity index (χ1v) is 14.8. The average molecular weight is 557 g/mol. The van der Waals surface area contributed by atoms with Crippen LogP contribution in [0, 0.1) is 0 Å². The molecule has 0 spiro atoms. The van der Waals surface area contributed by atoms with Crippen LogP contribution in [0.4, 0.5) is 0 Å². The van der Waals surface area contributed by atoms with Crippen LogP contribution < -0.4 is 10.3 Å². The van der Waals surface area contributed by atoms with E-state index in [1.807, 2.05) is 12.1 Å². The Bertz CT molecular complexity index is 1510. The van der Waals surface area contributed by atoms with Crippen molar-refractivity contribution in [3.8, 4) is 11.4 Å². The van der Waals surface area contributed by atoms with Gasteiger partial charge in [-0.05, 0) is 74.5 Å². The fraction of sp³-hybridized carbons (Fsp3) is 0.469. The third kappa shape index (κ3) is 6.22. The standard InChI is InChI=1S/C32H40N6O3/c1-3-24-4-8-26(9-5-24)38-30-29(20-34-38)31(39)37(23-33-30)22-32(40)14-18-36(19-15-32)21-25-6-10-27(11-7-25)41-28-12-16-35(2)17-13-28/h4-11,20,23,28,40H,3,12-19,21-22H2,1-2H3. The zero-order valence-electron chi connectivity index (χ0n) is 24.1. The number of nitrogens with zero attached hydrogens (tertiary/aromatic N) is 6. The molecular formula is C32H40N6O3. The largest absolute Gasteiger partial charge is 0.490 e. The molecule has 0 bridgehead atoms. The zero-order chi connectivity index (χ0) is 28.4. The molecule has 0 unspecified atom stereocenters. The van der Waals surface area contributed by atoms with Gasteiger partial charge >= 0.3 is 0 Å². The fourth-order valence-corrected chi connectivity index (χ4v) is 5.95. The molecule has 0 atom stereocenters. The van der Waals surface area contributed by atoms with Gasteiger partial charge in [-0.3, -0.25) is 14.3 Å². The van der Waals surface area contributed by atoms with Crippen LogP contribution in [-0.4, -0.2) is 79.2 Å². The molecule has 2 aliphatic heterocycles. The highest BCUT2D eigenvalue weighted by Gasteiger charge is 2.33. The van der Waals surface area contributed by atoms with Crippen molar-refractivity contribution in [3.05, 3.63) is 82.5 Å². The molecule has 0 radical (unpaired) electrons. The molecule has 2 aliphatic rings. The van der Waals surface area contributed by atoms with Crippen molar-refractivity contribution in [2.45, 2.75) is 63.8 Å². The van der Waals surface area contributed by atoms with Gasteiger partial charge in [-0.25, -0.2) is 9.67 Å². The average Bonchev–Trinajstić information content (AvgIpc) is 3.43. The number of piperidine rings is 2. The van der Waals surface area contributed by atoms with Crippen molar-refractivity contribution < 1.29 is 9.84 Å². The normalized spacial score (nSPS) is 18.6. The molecule has 2 aromatic carbocycles. The predicted molar refractivity (Wildman–Crippen MR) is 160 cm³/mol. The van der Waals surface area contributed by atoms with Crippen LogP contribution in [0.25, 0.3) is 16.7 Å². The van der Waals surface area contributed by atoms with Gasteiger partial charge < -0.3 is 14.7 Å². The number of fused-ring (bicyclic) bond motifs is 1. The van der Waals surface area contributed by atoms with Gasteiger partial charge in [-0.15, -0.1) is 0 Å². The van der Waals surface area contributed by atoms with Crippen molar-refractivity contribution in [1.29, 1.82) is 0 Å². The van der Waals surface area contributed by atoms with E-state index in [1.165, 1.54) is 15.7 Å². The van der Waals surface area contributed by atoms with Crippen LogP contribution in [0.2, 0.25) is 0 Å². The van der Waals surface area contributed by atoms with Crippen LogP contribution in [0.1, 0.15) is 43.7 Å². The molecule has 0 saturated carbocycles. The second kappa shape index (κ2) is 11.8. The number of likely N-dealkylation sites (tertiary alicyclic amines) is 2. The molecule has 9 heteroatoms. The molecule has 2 saturated heterocycles. The minimum atomic E-state index is -0.951. The van der Waals surface area contributed by atoms with E-state index in [9.17, 15) is 9.90 Å². The first-order valence-electron chi connectivity index (χ1n) is 14.8. The van der Waals surface area contributed by atoms with E-state index in [0.29, 0.717) is 30.0 Å². The summed E-state index contributed by atoms with van der Waals surface area (Å²) in [5.74, 6) is 0.937. The summed E-state index contributed by atoms with van der Waals surface area (Å²) in [5, 5.41) is 16.3. The van der Waals surface area contributed by atoms with Crippen LogP contribution in [-0.2, 0) is 19.5 Å². The van der Waals surface area contributed by atoms with Crippen molar-refractivity contribution in [3.63, 3.8) is 0 Å². The van der Waals surface area contributed by atoms with Gasteiger partial charge in [-0.1, -0.05) is 31.2 Å². The Hall–Kier alpha value is -3.53. The Balaban J connectivity index is 1.05. The summed E-state index contributed by atoms with van der Waals surface area (Å²) >= 11 is 0. The van der Waals surface area contributed by atoms with Gasteiger partial charge in [0, 0.05) is 32.7 Å². The summed E-state index contributed by atoms with van der Waals surface area (Å²) in [6.07, 6.45) is 7.72. The molecule has 4 aromatic rings. The molecule has 0 amide bonds. The third-order valence-electron chi connectivity index (χ3n) is 8.69. The Morgan fingerprint density at radius 1 is 0.976 bits per heavy atom. The van der Waals surface area contributed by atoms with Crippen molar-refractivity contribution in [2.24, 2.45) is 0 Å². The summed E-state index contributed by atoms with van der Waals surface area (Å²) < 4.78 is 9.42. The maximum atomic E-state index is 13.3. The molecular weight excluding hydrogens is 516 g/mol. The van der Waals surface area contributed by atoms with Gasteiger partial charge in [-0.2, -0.15) is 5.10 Å². The lowest BCUT2D eigenvalue weighted by atomic mass is 9.91. The molecule has 41 heavy (non-hydrogen) atoms. The Labute approximate surface area is 241 Å². The summed E-state index contributed by atoms with van der Waals surface area (Å²) in [4.78, 5) is 22.6. The van der Waals surface area contributed by atoms with Gasteiger partial charge in [0.05, 0.1) is 24.0 Å². The van der Waals surface area contributed by atoms with Crippen molar-refractivity contribution >= 4 is 11.0 Å². The number of ether oxygens (including phenoxy) is 1. The summed E-state index contributed by atoms with van der Waals surface area (Å²) in [6, 6.07) is 16.5. The molecule has 0 aliphatic carbocycles. The minimum absolute atomic E-state index is 0.176. The lowest BCUT2D eigenvalue weighted by Gasteiger charge is -2.38. The number of hydrogen-bond acceptors (Lipinski definition) is 7. The van der Waals surface area contributed by atoms with Crippen LogP contribution in [0.5, 0.6) is 5.75 Å². The smallest absolute Gasteiger partial charge is 0.264 e. The van der Waals surface area contributed by atoms with E-state index >= 15 is 0 Å². The first-order chi connectivity index (χ1) is 19.9. The van der Waals surface area contributed by atoms with Crippen molar-refractivity contribution in [2.75, 3.05) is 33.2 Å². The number of aliphatic hydroxyl groups is 1. The third-order valence-corrected chi connectivity index (χ3v) is 8.69. The number of rotatable bonds is 8. The molecule has 4 heterocycles. The highest BCUT2D eigenvalue weighted by molar-refractivity contribution is 5.74.